The lowest BCUT2D eigenvalue weighted by atomic mass is 10.2. The van der Waals surface area contributed by atoms with E-state index in [1.165, 1.54) is 0 Å². The number of rotatable bonds is 2. The van der Waals surface area contributed by atoms with Crippen molar-refractivity contribution in [2.45, 2.75) is 19.1 Å². The van der Waals surface area contributed by atoms with Crippen molar-refractivity contribution in [2.75, 3.05) is 5.32 Å². The van der Waals surface area contributed by atoms with Crippen LogP contribution in [0.3, 0.4) is 0 Å². The van der Waals surface area contributed by atoms with E-state index in [1.54, 1.807) is 6.92 Å². The summed E-state index contributed by atoms with van der Waals surface area (Å²) in [6.45, 7) is 3.73. The maximum atomic E-state index is 11.3. The van der Waals surface area contributed by atoms with Gasteiger partial charge in [0.2, 0.25) is 5.91 Å². The zero-order valence-corrected chi connectivity index (χ0v) is 10.5. The molecule has 0 fully saturated rings. The van der Waals surface area contributed by atoms with Gasteiger partial charge in [0.05, 0.1) is 10.9 Å². The van der Waals surface area contributed by atoms with Crippen molar-refractivity contribution in [3.63, 3.8) is 0 Å². The summed E-state index contributed by atoms with van der Waals surface area (Å²) in [6, 6.07) is 5.77. The molecule has 1 unspecified atom stereocenters. The number of aryl methyl sites for hydroxylation is 1. The lowest BCUT2D eigenvalue weighted by Crippen LogP contribution is -2.20. The Morgan fingerprint density at radius 1 is 1.57 bits per heavy atom. The number of nitrogens with one attached hydrogen (secondary N) is 1. The lowest BCUT2D eigenvalue weighted by molar-refractivity contribution is -0.115. The zero-order chi connectivity index (χ0) is 10.7. The Bertz CT molecular complexity index is 352. The van der Waals surface area contributed by atoms with Crippen LogP contribution in [0.1, 0.15) is 12.5 Å². The topological polar surface area (TPSA) is 29.1 Å². The summed E-state index contributed by atoms with van der Waals surface area (Å²) in [6.07, 6.45) is 0. The van der Waals surface area contributed by atoms with Gasteiger partial charge >= 0.3 is 0 Å². The number of carbonyl (C=O) groups is 1. The molecule has 14 heavy (non-hydrogen) atoms. The van der Waals surface area contributed by atoms with Crippen LogP contribution >= 0.6 is 28.6 Å². The van der Waals surface area contributed by atoms with Crippen molar-refractivity contribution in [1.29, 1.82) is 0 Å². The van der Waals surface area contributed by atoms with Crippen molar-refractivity contribution in [3.8, 4) is 0 Å². The Balaban J connectivity index is 2.82. The van der Waals surface area contributed by atoms with E-state index < -0.39 is 0 Å². The molecule has 0 heterocycles. The smallest absolute Gasteiger partial charge is 0.236 e. The maximum Gasteiger partial charge on any atom is 0.236 e. The monoisotopic (exact) mass is 273 g/mol. The second-order valence-corrected chi connectivity index (χ2v) is 4.78. The molecule has 1 rings (SSSR count). The normalized spacial score (nSPS) is 12.3. The fourth-order valence-electron chi connectivity index (χ4n) is 0.959. The van der Waals surface area contributed by atoms with Crippen LogP contribution in [0.5, 0.6) is 0 Å². The second-order valence-electron chi connectivity index (χ2n) is 3.15. The minimum atomic E-state index is -0.303. The largest absolute Gasteiger partial charge is 0.324 e. The van der Waals surface area contributed by atoms with Gasteiger partial charge in [-0.25, -0.2) is 0 Å². The molecule has 0 aliphatic carbocycles. The van der Waals surface area contributed by atoms with Gasteiger partial charge in [0.25, 0.3) is 0 Å². The molecule has 76 valence electrons. The second kappa shape index (κ2) is 4.84. The summed E-state index contributed by atoms with van der Waals surface area (Å²) in [5.41, 5.74) is 1.93. The molecule has 0 spiro atoms. The van der Waals surface area contributed by atoms with Crippen molar-refractivity contribution in [2.24, 2.45) is 0 Å². The van der Waals surface area contributed by atoms with Gasteiger partial charge in [0.15, 0.2) is 0 Å². The molecule has 0 saturated carbocycles. The quantitative estimate of drug-likeness (QED) is 0.797. The summed E-state index contributed by atoms with van der Waals surface area (Å²) >= 11 is 7.44. The SMILES string of the molecule is Cc1ccc(NC(=O)C(C)S)c(Br)c1. The van der Waals surface area contributed by atoms with Gasteiger partial charge < -0.3 is 5.32 Å². The fourth-order valence-corrected chi connectivity index (χ4v) is 1.62. The third-order valence-corrected chi connectivity index (χ3v) is 2.65. The molecule has 1 N–H and O–H groups in total. The van der Waals surface area contributed by atoms with E-state index in [0.717, 1.165) is 15.7 Å². The van der Waals surface area contributed by atoms with Gasteiger partial charge in [0, 0.05) is 4.47 Å². The van der Waals surface area contributed by atoms with Crippen LogP contribution < -0.4 is 5.32 Å². The number of thiol groups is 1. The standard InChI is InChI=1S/C10H12BrNOS/c1-6-3-4-9(8(11)5-6)12-10(13)7(2)14/h3-5,7,14H,1-2H3,(H,12,13). The predicted molar refractivity (Wildman–Crippen MR) is 66.0 cm³/mol. The molecular formula is C10H12BrNOS. The molecule has 0 aliphatic heterocycles. The average molecular weight is 274 g/mol. The third kappa shape index (κ3) is 3.03. The van der Waals surface area contributed by atoms with Crippen molar-refractivity contribution >= 4 is 40.2 Å². The highest BCUT2D eigenvalue weighted by atomic mass is 79.9. The lowest BCUT2D eigenvalue weighted by Gasteiger charge is -2.09. The number of hydrogen-bond acceptors (Lipinski definition) is 2. The first-order valence-corrected chi connectivity index (χ1v) is 5.56. The van der Waals surface area contributed by atoms with Crippen LogP contribution in [0, 0.1) is 6.92 Å². The first-order valence-electron chi connectivity index (χ1n) is 4.26. The number of hydrogen-bond donors (Lipinski definition) is 2. The Morgan fingerprint density at radius 2 is 2.21 bits per heavy atom. The molecule has 0 bridgehead atoms. The van der Waals surface area contributed by atoms with Gasteiger partial charge in [-0.1, -0.05) is 6.07 Å². The maximum absolute atomic E-state index is 11.3. The summed E-state index contributed by atoms with van der Waals surface area (Å²) in [7, 11) is 0. The fraction of sp³-hybridized carbons (Fsp3) is 0.300. The molecule has 4 heteroatoms. The molecule has 2 nitrogen and oxygen atoms in total. The van der Waals surface area contributed by atoms with E-state index in [2.05, 4.69) is 33.9 Å². The highest BCUT2D eigenvalue weighted by Gasteiger charge is 2.09. The van der Waals surface area contributed by atoms with Gasteiger partial charge in [0.1, 0.15) is 0 Å². The van der Waals surface area contributed by atoms with Crippen LogP contribution in [0.15, 0.2) is 22.7 Å². The first-order chi connectivity index (χ1) is 6.50. The third-order valence-electron chi connectivity index (χ3n) is 1.76. The minimum Gasteiger partial charge on any atom is -0.324 e. The van der Waals surface area contributed by atoms with Crippen molar-refractivity contribution in [1.82, 2.24) is 0 Å². The molecule has 1 aromatic carbocycles. The highest BCUT2D eigenvalue weighted by Crippen LogP contribution is 2.23. The number of anilines is 1. The summed E-state index contributed by atoms with van der Waals surface area (Å²) in [5.74, 6) is -0.0992. The number of benzene rings is 1. The number of carbonyl (C=O) groups excluding carboxylic acids is 1. The van der Waals surface area contributed by atoms with Gasteiger partial charge in [-0.05, 0) is 47.5 Å². The number of amides is 1. The Morgan fingerprint density at radius 3 is 2.71 bits per heavy atom. The Labute approximate surface area is 97.6 Å². The molecule has 1 aromatic rings. The molecule has 1 amide bonds. The summed E-state index contributed by atoms with van der Waals surface area (Å²) in [5, 5.41) is 2.47. The Kier molecular flexibility index (Phi) is 4.01. The van der Waals surface area contributed by atoms with E-state index in [-0.39, 0.29) is 11.2 Å². The van der Waals surface area contributed by atoms with E-state index >= 15 is 0 Å². The molecule has 1 atom stereocenters. The van der Waals surface area contributed by atoms with Crippen LogP contribution in [0.2, 0.25) is 0 Å². The van der Waals surface area contributed by atoms with E-state index in [1.807, 2.05) is 25.1 Å². The molecule has 0 radical (unpaired) electrons. The molecule has 0 aromatic heterocycles. The van der Waals surface area contributed by atoms with Crippen LogP contribution in [0.4, 0.5) is 5.69 Å². The Hall–Kier alpha value is -0.480. The van der Waals surface area contributed by atoms with Crippen molar-refractivity contribution in [3.05, 3.63) is 28.2 Å². The van der Waals surface area contributed by atoms with Gasteiger partial charge in [-0.3, -0.25) is 4.79 Å². The van der Waals surface area contributed by atoms with Crippen LogP contribution in [0.25, 0.3) is 0 Å². The minimum absolute atomic E-state index is 0.0992. The van der Waals surface area contributed by atoms with Gasteiger partial charge in [-0.2, -0.15) is 12.6 Å². The zero-order valence-electron chi connectivity index (χ0n) is 8.04. The molecule has 0 aliphatic rings. The predicted octanol–water partition coefficient (Wildman–Crippen LogP) is 3.01. The molecule has 0 saturated heterocycles. The number of halogens is 1. The van der Waals surface area contributed by atoms with E-state index in [4.69, 9.17) is 0 Å². The van der Waals surface area contributed by atoms with Gasteiger partial charge in [-0.15, -0.1) is 0 Å². The van der Waals surface area contributed by atoms with Crippen molar-refractivity contribution < 1.29 is 4.79 Å². The first kappa shape index (κ1) is 11.6. The highest BCUT2D eigenvalue weighted by molar-refractivity contribution is 9.10. The van der Waals surface area contributed by atoms with Crippen LogP contribution in [-0.4, -0.2) is 11.2 Å². The summed E-state index contributed by atoms with van der Waals surface area (Å²) < 4.78 is 0.889. The average Bonchev–Trinajstić information content (AvgIpc) is 2.09. The van der Waals surface area contributed by atoms with Crippen LogP contribution in [-0.2, 0) is 4.79 Å². The van der Waals surface area contributed by atoms with E-state index in [0.29, 0.717) is 0 Å². The molecular weight excluding hydrogens is 262 g/mol. The van der Waals surface area contributed by atoms with E-state index in [9.17, 15) is 4.79 Å². The summed E-state index contributed by atoms with van der Waals surface area (Å²) in [4.78, 5) is 11.3.